The fourth-order valence-electron chi connectivity index (χ4n) is 4.07. The third-order valence-corrected chi connectivity index (χ3v) is 7.26. The SMILES string of the molecule is CC(C)(C)c1ccc2c(c1)NC(C(=O)Nc1cnccc1C(=O)NCC(=O)N1CC(F)(F)CC1C#N)S2. The molecule has 0 aliphatic carbocycles. The van der Waals surface area contributed by atoms with E-state index in [1.807, 2.05) is 18.2 Å². The van der Waals surface area contributed by atoms with E-state index in [1.54, 1.807) is 6.07 Å². The number of alkyl halides is 2. The number of anilines is 2. The average molecular weight is 529 g/mol. The Labute approximate surface area is 217 Å². The molecule has 194 valence electrons. The molecule has 0 radical (unpaired) electrons. The topological polar surface area (TPSA) is 127 Å². The molecular formula is C25H26F2N6O3S. The number of carbonyl (C=O) groups is 3. The van der Waals surface area contributed by atoms with Crippen LogP contribution in [0.15, 0.2) is 41.6 Å². The van der Waals surface area contributed by atoms with Crippen molar-refractivity contribution in [3.05, 3.63) is 47.8 Å². The van der Waals surface area contributed by atoms with E-state index in [2.05, 4.69) is 41.7 Å². The molecule has 0 bridgehead atoms. The Kier molecular flexibility index (Phi) is 7.10. The molecule has 3 amide bonds. The van der Waals surface area contributed by atoms with Crippen molar-refractivity contribution < 1.29 is 23.2 Å². The third kappa shape index (κ3) is 5.83. The van der Waals surface area contributed by atoms with Gasteiger partial charge in [-0.1, -0.05) is 38.6 Å². The first kappa shape index (κ1) is 26.3. The van der Waals surface area contributed by atoms with Gasteiger partial charge in [0.15, 0.2) is 5.37 Å². The minimum absolute atomic E-state index is 0.0494. The molecule has 2 atom stereocenters. The van der Waals surface area contributed by atoms with Crippen molar-refractivity contribution in [2.24, 2.45) is 0 Å². The number of likely N-dealkylation sites (tertiary alicyclic amines) is 1. The standard InChI is InChI=1S/C25H26F2N6O3S/c1-24(2,3)14-4-5-19-17(8-14)32-23(37-19)22(36)31-18-11-29-7-6-16(18)21(35)30-12-20(34)33-13-25(26,27)9-15(33)10-28/h4-8,11,15,23,32H,9,12-13H2,1-3H3,(H,30,35)(H,31,36). The van der Waals surface area contributed by atoms with Crippen LogP contribution in [0.25, 0.3) is 0 Å². The minimum atomic E-state index is -3.15. The van der Waals surface area contributed by atoms with Gasteiger partial charge in [-0.2, -0.15) is 5.26 Å². The van der Waals surface area contributed by atoms with Crippen LogP contribution in [0.4, 0.5) is 20.2 Å². The van der Waals surface area contributed by atoms with E-state index in [0.717, 1.165) is 21.0 Å². The van der Waals surface area contributed by atoms with Gasteiger partial charge in [-0.3, -0.25) is 19.4 Å². The summed E-state index contributed by atoms with van der Waals surface area (Å²) >= 11 is 1.35. The molecule has 3 heterocycles. The number of rotatable bonds is 5. The summed E-state index contributed by atoms with van der Waals surface area (Å²) in [4.78, 5) is 43.8. The van der Waals surface area contributed by atoms with Crippen molar-refractivity contribution in [3.63, 3.8) is 0 Å². The van der Waals surface area contributed by atoms with Crippen LogP contribution in [0.1, 0.15) is 43.1 Å². The van der Waals surface area contributed by atoms with Gasteiger partial charge >= 0.3 is 0 Å². The smallest absolute Gasteiger partial charge is 0.268 e. The Morgan fingerprint density at radius 1 is 1.30 bits per heavy atom. The van der Waals surface area contributed by atoms with Crippen LogP contribution in [-0.2, 0) is 15.0 Å². The van der Waals surface area contributed by atoms with Gasteiger partial charge in [-0.15, -0.1) is 0 Å². The van der Waals surface area contributed by atoms with Crippen molar-refractivity contribution >= 4 is 40.9 Å². The summed E-state index contributed by atoms with van der Waals surface area (Å²) in [7, 11) is 0. The predicted molar refractivity (Wildman–Crippen MR) is 134 cm³/mol. The molecule has 4 rings (SSSR count). The molecule has 3 N–H and O–H groups in total. The normalized spacial score (nSPS) is 19.9. The summed E-state index contributed by atoms with van der Waals surface area (Å²) in [5, 5.41) is 16.7. The summed E-state index contributed by atoms with van der Waals surface area (Å²) in [5.41, 5.74) is 2.11. The lowest BCUT2D eigenvalue weighted by molar-refractivity contribution is -0.131. The number of carbonyl (C=O) groups excluding carboxylic acids is 3. The van der Waals surface area contributed by atoms with E-state index in [0.29, 0.717) is 0 Å². The van der Waals surface area contributed by atoms with Crippen LogP contribution < -0.4 is 16.0 Å². The molecule has 9 nitrogen and oxygen atoms in total. The van der Waals surface area contributed by atoms with Crippen molar-refractivity contribution in [3.8, 4) is 6.07 Å². The van der Waals surface area contributed by atoms with E-state index in [4.69, 9.17) is 5.26 Å². The monoisotopic (exact) mass is 528 g/mol. The van der Waals surface area contributed by atoms with Gasteiger partial charge in [-0.25, -0.2) is 8.78 Å². The highest BCUT2D eigenvalue weighted by Crippen LogP contribution is 2.41. The minimum Gasteiger partial charge on any atom is -0.364 e. The van der Waals surface area contributed by atoms with Gasteiger partial charge in [0.05, 0.1) is 36.6 Å². The van der Waals surface area contributed by atoms with Crippen LogP contribution in [0.2, 0.25) is 0 Å². The summed E-state index contributed by atoms with van der Waals surface area (Å²) < 4.78 is 27.3. The zero-order valence-electron chi connectivity index (χ0n) is 20.5. The molecule has 1 aromatic carbocycles. The quantitative estimate of drug-likeness (QED) is 0.543. The molecule has 0 spiro atoms. The van der Waals surface area contributed by atoms with Crippen LogP contribution in [0.5, 0.6) is 0 Å². The van der Waals surface area contributed by atoms with Gasteiger partial charge in [-0.05, 0) is 29.2 Å². The van der Waals surface area contributed by atoms with Crippen LogP contribution in [0.3, 0.4) is 0 Å². The van der Waals surface area contributed by atoms with E-state index in [9.17, 15) is 23.2 Å². The number of hydrogen-bond acceptors (Lipinski definition) is 7. The molecule has 2 aromatic rings. The van der Waals surface area contributed by atoms with Crippen molar-refractivity contribution in [1.82, 2.24) is 15.2 Å². The number of hydrogen-bond donors (Lipinski definition) is 3. The zero-order chi connectivity index (χ0) is 27.0. The van der Waals surface area contributed by atoms with Gasteiger partial charge in [0, 0.05) is 23.2 Å². The maximum Gasteiger partial charge on any atom is 0.268 e. The lowest BCUT2D eigenvalue weighted by Crippen LogP contribution is -2.43. The number of aromatic nitrogens is 1. The molecule has 12 heteroatoms. The Bertz CT molecular complexity index is 1290. The number of amides is 3. The van der Waals surface area contributed by atoms with E-state index < -0.39 is 54.6 Å². The average Bonchev–Trinajstić information content (AvgIpc) is 3.41. The first-order chi connectivity index (χ1) is 17.4. The van der Waals surface area contributed by atoms with Crippen LogP contribution >= 0.6 is 11.8 Å². The van der Waals surface area contributed by atoms with Crippen molar-refractivity contribution in [2.75, 3.05) is 23.7 Å². The van der Waals surface area contributed by atoms with Gasteiger partial charge in [0.2, 0.25) is 5.91 Å². The number of pyridine rings is 1. The molecule has 37 heavy (non-hydrogen) atoms. The molecule has 1 fully saturated rings. The van der Waals surface area contributed by atoms with Gasteiger partial charge in [0.1, 0.15) is 6.04 Å². The molecule has 1 aromatic heterocycles. The Balaban J connectivity index is 1.39. The van der Waals surface area contributed by atoms with Crippen molar-refractivity contribution in [1.29, 1.82) is 5.26 Å². The summed E-state index contributed by atoms with van der Waals surface area (Å²) in [6, 6.07) is 7.82. The number of nitrogens with zero attached hydrogens (tertiary/aromatic N) is 3. The maximum atomic E-state index is 13.6. The van der Waals surface area contributed by atoms with Crippen LogP contribution in [-0.4, -0.2) is 58.0 Å². The number of nitriles is 1. The zero-order valence-corrected chi connectivity index (χ0v) is 21.3. The first-order valence-corrected chi connectivity index (χ1v) is 12.4. The fourth-order valence-corrected chi connectivity index (χ4v) is 5.06. The molecular weight excluding hydrogens is 502 g/mol. The number of halogens is 2. The van der Waals surface area contributed by atoms with Gasteiger partial charge in [0.25, 0.3) is 17.7 Å². The number of fused-ring (bicyclic) bond motifs is 1. The summed E-state index contributed by atoms with van der Waals surface area (Å²) in [6.07, 6.45) is 1.93. The lowest BCUT2D eigenvalue weighted by atomic mass is 9.87. The lowest BCUT2D eigenvalue weighted by Gasteiger charge is -2.20. The Morgan fingerprint density at radius 2 is 2.05 bits per heavy atom. The highest BCUT2D eigenvalue weighted by atomic mass is 32.2. The second-order valence-electron chi connectivity index (χ2n) is 9.92. The molecule has 2 aliphatic rings. The third-order valence-electron chi connectivity index (χ3n) is 6.08. The maximum absolute atomic E-state index is 13.6. The highest BCUT2D eigenvalue weighted by Gasteiger charge is 2.47. The Morgan fingerprint density at radius 3 is 2.76 bits per heavy atom. The molecule has 2 aliphatic heterocycles. The summed E-state index contributed by atoms with van der Waals surface area (Å²) in [5.74, 6) is -5.04. The molecule has 1 saturated heterocycles. The van der Waals surface area contributed by atoms with Crippen LogP contribution in [0, 0.1) is 11.3 Å². The molecule has 0 saturated carbocycles. The second kappa shape index (κ2) is 9.97. The van der Waals surface area contributed by atoms with Crippen molar-refractivity contribution in [2.45, 2.75) is 54.8 Å². The number of nitrogens with one attached hydrogen (secondary N) is 3. The number of thioether (sulfide) groups is 1. The van der Waals surface area contributed by atoms with E-state index in [-0.39, 0.29) is 16.7 Å². The second-order valence-corrected chi connectivity index (χ2v) is 11.1. The molecule has 2 unspecified atom stereocenters. The Hall–Kier alpha value is -3.72. The summed E-state index contributed by atoms with van der Waals surface area (Å²) in [6.45, 7) is 4.86. The highest BCUT2D eigenvalue weighted by molar-refractivity contribution is 8.01. The first-order valence-electron chi connectivity index (χ1n) is 11.6. The van der Waals surface area contributed by atoms with E-state index in [1.165, 1.54) is 30.2 Å². The predicted octanol–water partition coefficient (Wildman–Crippen LogP) is 3.35. The largest absolute Gasteiger partial charge is 0.364 e. The fraction of sp³-hybridized carbons (Fsp3) is 0.400. The van der Waals surface area contributed by atoms with Gasteiger partial charge < -0.3 is 20.9 Å². The number of benzene rings is 1. The van der Waals surface area contributed by atoms with E-state index >= 15 is 0 Å².